The van der Waals surface area contributed by atoms with Gasteiger partial charge in [0.2, 0.25) is 5.95 Å². The fourth-order valence-electron chi connectivity index (χ4n) is 3.72. The summed E-state index contributed by atoms with van der Waals surface area (Å²) >= 11 is 0. The minimum absolute atomic E-state index is 0.108. The predicted octanol–water partition coefficient (Wildman–Crippen LogP) is 3.97. The van der Waals surface area contributed by atoms with Crippen LogP contribution in [0.15, 0.2) is 48.7 Å². The minimum atomic E-state index is -1.27. The summed E-state index contributed by atoms with van der Waals surface area (Å²) in [6.07, 6.45) is 1.69. The van der Waals surface area contributed by atoms with Crippen molar-refractivity contribution in [3.8, 4) is 22.5 Å². The zero-order valence-corrected chi connectivity index (χ0v) is 15.0. The van der Waals surface area contributed by atoms with Gasteiger partial charge in [0.25, 0.3) is 0 Å². The molecule has 4 aromatic rings. The largest absolute Gasteiger partial charge is 0.394 e. The van der Waals surface area contributed by atoms with Gasteiger partial charge in [0, 0.05) is 35.3 Å². The summed E-state index contributed by atoms with van der Waals surface area (Å²) in [6, 6.07) is 10.4. The number of imidazole rings is 1. The van der Waals surface area contributed by atoms with E-state index in [-0.39, 0.29) is 23.9 Å². The monoisotopic (exact) mass is 396 g/mol. The third-order valence-corrected chi connectivity index (χ3v) is 5.05. The van der Waals surface area contributed by atoms with Crippen molar-refractivity contribution in [1.82, 2.24) is 14.5 Å². The van der Waals surface area contributed by atoms with Gasteiger partial charge in [-0.2, -0.15) is 0 Å². The lowest BCUT2D eigenvalue weighted by atomic mass is 10.0. The van der Waals surface area contributed by atoms with Gasteiger partial charge < -0.3 is 15.0 Å². The Hall–Kier alpha value is -3.39. The van der Waals surface area contributed by atoms with Gasteiger partial charge in [0.15, 0.2) is 11.6 Å². The van der Waals surface area contributed by atoms with Crippen molar-refractivity contribution in [2.45, 2.75) is 12.6 Å². The van der Waals surface area contributed by atoms with E-state index in [4.69, 9.17) is 0 Å². The van der Waals surface area contributed by atoms with Gasteiger partial charge in [-0.05, 0) is 24.3 Å². The van der Waals surface area contributed by atoms with E-state index in [0.717, 1.165) is 17.0 Å². The summed E-state index contributed by atoms with van der Waals surface area (Å²) in [5.74, 6) is -2.92. The fourth-order valence-corrected chi connectivity index (χ4v) is 3.72. The van der Waals surface area contributed by atoms with E-state index in [1.54, 1.807) is 16.8 Å². The lowest BCUT2D eigenvalue weighted by Gasteiger charge is -2.12. The van der Waals surface area contributed by atoms with Gasteiger partial charge in [-0.25, -0.2) is 18.2 Å². The molecule has 0 saturated heterocycles. The maximum Gasteiger partial charge on any atom is 0.204 e. The zero-order valence-electron chi connectivity index (χ0n) is 15.0. The molecule has 0 radical (unpaired) electrons. The molecule has 2 N–H and O–H groups in total. The molecule has 0 aliphatic carbocycles. The van der Waals surface area contributed by atoms with Gasteiger partial charge in [-0.1, -0.05) is 12.1 Å². The van der Waals surface area contributed by atoms with Crippen molar-refractivity contribution in [2.24, 2.45) is 0 Å². The molecule has 29 heavy (non-hydrogen) atoms. The molecule has 0 bridgehead atoms. The third kappa shape index (κ3) is 2.84. The Labute approximate surface area is 163 Å². The average molecular weight is 396 g/mol. The second-order valence-electron chi connectivity index (χ2n) is 6.93. The van der Waals surface area contributed by atoms with Crippen LogP contribution in [-0.2, 0) is 6.54 Å². The van der Waals surface area contributed by atoms with Crippen LogP contribution < -0.4 is 5.32 Å². The van der Waals surface area contributed by atoms with Crippen molar-refractivity contribution in [1.29, 1.82) is 0 Å². The topological polar surface area (TPSA) is 63.0 Å². The normalized spacial score (nSPS) is 15.5. The Bertz CT molecular complexity index is 1250. The maximum absolute atomic E-state index is 14.6. The molecule has 2 aromatic heterocycles. The van der Waals surface area contributed by atoms with Crippen molar-refractivity contribution in [3.63, 3.8) is 0 Å². The molecule has 0 fully saturated rings. The Balaban J connectivity index is 1.77. The molecule has 0 saturated carbocycles. The highest BCUT2D eigenvalue weighted by atomic mass is 19.2. The quantitative estimate of drug-likeness (QED) is 0.515. The molecule has 0 amide bonds. The van der Waals surface area contributed by atoms with Crippen LogP contribution in [0, 0.1) is 17.5 Å². The van der Waals surface area contributed by atoms with Crippen molar-refractivity contribution >= 4 is 16.9 Å². The third-order valence-electron chi connectivity index (χ3n) is 5.05. The summed E-state index contributed by atoms with van der Waals surface area (Å²) in [5.41, 5.74) is 1.87. The Morgan fingerprint density at radius 2 is 2.00 bits per heavy atom. The van der Waals surface area contributed by atoms with E-state index in [9.17, 15) is 18.3 Å². The van der Waals surface area contributed by atoms with Gasteiger partial charge in [-0.15, -0.1) is 0 Å². The van der Waals surface area contributed by atoms with Crippen LogP contribution >= 0.6 is 0 Å². The fraction of sp³-hybridized carbons (Fsp3) is 0.143. The number of aliphatic hydroxyl groups is 1. The minimum Gasteiger partial charge on any atom is -0.394 e. The Morgan fingerprint density at radius 3 is 2.83 bits per heavy atom. The molecule has 1 unspecified atom stereocenters. The number of anilines is 1. The SMILES string of the molecule is OCC1Cn2c(nc(-c3cc(F)cc(F)c3F)c2-c2ccc3ncccc3c2)N1. The first-order valence-electron chi connectivity index (χ1n) is 9.03. The summed E-state index contributed by atoms with van der Waals surface area (Å²) in [6.45, 7) is 0.279. The molecule has 5 rings (SSSR count). The molecule has 146 valence electrons. The maximum atomic E-state index is 14.6. The van der Waals surface area contributed by atoms with E-state index < -0.39 is 17.5 Å². The van der Waals surface area contributed by atoms with Crippen LogP contribution in [0.3, 0.4) is 0 Å². The highest BCUT2D eigenvalue weighted by Gasteiger charge is 2.30. The average Bonchev–Trinajstić information content (AvgIpc) is 3.27. The summed E-state index contributed by atoms with van der Waals surface area (Å²) < 4.78 is 44.1. The van der Waals surface area contributed by atoms with Crippen LogP contribution in [0.1, 0.15) is 0 Å². The van der Waals surface area contributed by atoms with Crippen molar-refractivity contribution in [2.75, 3.05) is 11.9 Å². The van der Waals surface area contributed by atoms with E-state index in [1.165, 1.54) is 0 Å². The number of nitrogens with zero attached hydrogens (tertiary/aromatic N) is 3. The highest BCUT2D eigenvalue weighted by molar-refractivity contribution is 5.88. The van der Waals surface area contributed by atoms with Crippen LogP contribution in [0.5, 0.6) is 0 Å². The number of pyridine rings is 1. The zero-order chi connectivity index (χ0) is 20.1. The molecule has 8 heteroatoms. The number of rotatable bonds is 3. The van der Waals surface area contributed by atoms with Crippen LogP contribution in [0.2, 0.25) is 0 Å². The Kier molecular flexibility index (Phi) is 4.02. The van der Waals surface area contributed by atoms with Gasteiger partial charge in [0.1, 0.15) is 11.5 Å². The predicted molar refractivity (Wildman–Crippen MR) is 103 cm³/mol. The first-order valence-corrected chi connectivity index (χ1v) is 9.03. The number of fused-ring (bicyclic) bond motifs is 2. The van der Waals surface area contributed by atoms with Gasteiger partial charge in [0.05, 0.1) is 23.9 Å². The summed E-state index contributed by atoms with van der Waals surface area (Å²) in [7, 11) is 0. The molecule has 5 nitrogen and oxygen atoms in total. The molecular formula is C21H15F3N4O. The molecule has 2 aromatic carbocycles. The number of hydrogen-bond donors (Lipinski definition) is 2. The number of aliphatic hydroxyl groups excluding tert-OH is 1. The molecule has 3 heterocycles. The number of nitrogens with one attached hydrogen (secondary N) is 1. The standard InChI is InChI=1S/C21H15F3N4O/c22-13-7-15(18(24)16(23)8-13)19-20(28-9-14(10-29)26-21(28)27-19)12-3-4-17-11(6-12)2-1-5-25-17/h1-8,14,29H,9-10H2,(H,26,27). The number of benzene rings is 2. The van der Waals surface area contributed by atoms with Gasteiger partial charge in [-0.3, -0.25) is 4.98 Å². The van der Waals surface area contributed by atoms with E-state index in [2.05, 4.69) is 15.3 Å². The van der Waals surface area contributed by atoms with Crippen molar-refractivity contribution < 1.29 is 18.3 Å². The molecule has 0 spiro atoms. The van der Waals surface area contributed by atoms with E-state index in [0.29, 0.717) is 29.8 Å². The number of aromatic nitrogens is 3. The molecule has 1 atom stereocenters. The van der Waals surface area contributed by atoms with Crippen LogP contribution in [-0.4, -0.2) is 32.3 Å². The van der Waals surface area contributed by atoms with Crippen LogP contribution in [0.4, 0.5) is 19.1 Å². The molecule has 1 aliphatic heterocycles. The summed E-state index contributed by atoms with van der Waals surface area (Å²) in [4.78, 5) is 8.70. The number of halogens is 3. The van der Waals surface area contributed by atoms with E-state index in [1.807, 2.05) is 24.3 Å². The van der Waals surface area contributed by atoms with Crippen LogP contribution in [0.25, 0.3) is 33.4 Å². The Morgan fingerprint density at radius 1 is 1.14 bits per heavy atom. The lowest BCUT2D eigenvalue weighted by Crippen LogP contribution is -2.21. The molecular weight excluding hydrogens is 381 g/mol. The van der Waals surface area contributed by atoms with Crippen molar-refractivity contribution in [3.05, 3.63) is 66.1 Å². The second kappa shape index (κ2) is 6.59. The lowest BCUT2D eigenvalue weighted by molar-refractivity contribution is 0.271. The first-order chi connectivity index (χ1) is 14.0. The second-order valence-corrected chi connectivity index (χ2v) is 6.93. The first kappa shape index (κ1) is 17.7. The smallest absolute Gasteiger partial charge is 0.204 e. The van der Waals surface area contributed by atoms with E-state index >= 15 is 0 Å². The highest BCUT2D eigenvalue weighted by Crippen LogP contribution is 2.39. The van der Waals surface area contributed by atoms with Gasteiger partial charge >= 0.3 is 0 Å². The summed E-state index contributed by atoms with van der Waals surface area (Å²) in [5, 5.41) is 13.4. The molecule has 1 aliphatic rings. The number of hydrogen-bond acceptors (Lipinski definition) is 4.